The first kappa shape index (κ1) is 26.8. The molecule has 6 rings (SSSR count). The minimum absolute atomic E-state index is 0.0795. The maximum atomic E-state index is 14.4. The molecule has 1 aromatic heterocycles. The minimum atomic E-state index is -0.868. The molecule has 3 fully saturated rings. The summed E-state index contributed by atoms with van der Waals surface area (Å²) >= 11 is 1.61. The molecule has 11 heteroatoms. The van der Waals surface area contributed by atoms with Crippen LogP contribution in [-0.4, -0.2) is 71.4 Å². The molecule has 3 aromatic rings. The van der Waals surface area contributed by atoms with E-state index in [1.165, 1.54) is 0 Å². The second-order valence-electron chi connectivity index (χ2n) is 11.1. The molecule has 210 valence electrons. The fourth-order valence-corrected chi connectivity index (χ4v) is 9.41. The lowest BCUT2D eigenvalue weighted by atomic mass is 9.66. The van der Waals surface area contributed by atoms with E-state index in [2.05, 4.69) is 27.9 Å². The maximum Gasteiger partial charge on any atom is 0.245 e. The Hall–Kier alpha value is -3.44. The summed E-state index contributed by atoms with van der Waals surface area (Å²) < 4.78 is 0.384. The van der Waals surface area contributed by atoms with Gasteiger partial charge in [0.2, 0.25) is 17.7 Å². The van der Waals surface area contributed by atoms with E-state index in [0.29, 0.717) is 13.0 Å². The summed E-state index contributed by atoms with van der Waals surface area (Å²) in [6.45, 7) is 4.31. The SMILES string of the molecule is CCCNC(=O)[C@H]1[C@H]2C(=O)N([C@H](CO)c3ccccc3)C(C(=O)NCn3nnc4ccccc43)C23CC[C@]1(C)S3. The highest BCUT2D eigenvalue weighted by Gasteiger charge is 2.77. The van der Waals surface area contributed by atoms with Gasteiger partial charge in [-0.25, -0.2) is 4.68 Å². The predicted molar refractivity (Wildman–Crippen MR) is 151 cm³/mol. The molecule has 3 N–H and O–H groups in total. The van der Waals surface area contributed by atoms with Gasteiger partial charge in [0.25, 0.3) is 0 Å². The third kappa shape index (κ3) is 4.01. The molecule has 3 aliphatic heterocycles. The number of hydrogen-bond acceptors (Lipinski definition) is 7. The molecule has 10 nitrogen and oxygen atoms in total. The van der Waals surface area contributed by atoms with E-state index in [1.54, 1.807) is 21.3 Å². The van der Waals surface area contributed by atoms with E-state index in [4.69, 9.17) is 0 Å². The summed E-state index contributed by atoms with van der Waals surface area (Å²) in [5, 5.41) is 25.0. The summed E-state index contributed by atoms with van der Waals surface area (Å²) in [7, 11) is 0. The lowest BCUT2D eigenvalue weighted by Crippen LogP contribution is -2.55. The van der Waals surface area contributed by atoms with E-state index in [-0.39, 0.29) is 31.0 Å². The summed E-state index contributed by atoms with van der Waals surface area (Å²) in [4.78, 5) is 43.7. The Morgan fingerprint density at radius 2 is 1.85 bits per heavy atom. The number of fused-ring (bicyclic) bond motifs is 2. The van der Waals surface area contributed by atoms with Crippen LogP contribution in [0.4, 0.5) is 0 Å². The zero-order valence-electron chi connectivity index (χ0n) is 22.6. The van der Waals surface area contributed by atoms with Crippen molar-refractivity contribution in [2.45, 2.75) is 61.4 Å². The molecule has 2 unspecified atom stereocenters. The van der Waals surface area contributed by atoms with Crippen LogP contribution in [-0.2, 0) is 21.1 Å². The maximum absolute atomic E-state index is 14.4. The average molecular weight is 563 g/mol. The van der Waals surface area contributed by atoms with E-state index in [9.17, 15) is 19.5 Å². The van der Waals surface area contributed by atoms with E-state index in [1.807, 2.05) is 61.5 Å². The molecular weight excluding hydrogens is 528 g/mol. The Morgan fingerprint density at radius 1 is 1.10 bits per heavy atom. The van der Waals surface area contributed by atoms with Gasteiger partial charge in [-0.2, -0.15) is 0 Å². The molecule has 0 saturated carbocycles. The number of thioether (sulfide) groups is 1. The van der Waals surface area contributed by atoms with Crippen LogP contribution in [0.3, 0.4) is 0 Å². The van der Waals surface area contributed by atoms with Gasteiger partial charge in [-0.3, -0.25) is 14.4 Å². The number of likely N-dealkylation sites (tertiary alicyclic amines) is 1. The van der Waals surface area contributed by atoms with Crippen LogP contribution in [0.25, 0.3) is 11.0 Å². The molecule has 4 heterocycles. The van der Waals surface area contributed by atoms with Crippen LogP contribution in [0, 0.1) is 11.8 Å². The number of nitrogens with zero attached hydrogens (tertiary/aromatic N) is 4. The smallest absolute Gasteiger partial charge is 0.245 e. The van der Waals surface area contributed by atoms with Gasteiger partial charge < -0.3 is 20.6 Å². The minimum Gasteiger partial charge on any atom is -0.394 e. The molecule has 1 spiro atoms. The molecule has 0 aliphatic carbocycles. The zero-order chi connectivity index (χ0) is 28.1. The topological polar surface area (TPSA) is 129 Å². The van der Waals surface area contributed by atoms with Crippen molar-refractivity contribution in [3.8, 4) is 0 Å². The van der Waals surface area contributed by atoms with Crippen molar-refractivity contribution < 1.29 is 19.5 Å². The van der Waals surface area contributed by atoms with Crippen LogP contribution in [0.15, 0.2) is 54.6 Å². The van der Waals surface area contributed by atoms with E-state index >= 15 is 0 Å². The van der Waals surface area contributed by atoms with Crippen LogP contribution < -0.4 is 10.6 Å². The number of carbonyl (C=O) groups is 3. The van der Waals surface area contributed by atoms with Crippen LogP contribution in [0.1, 0.15) is 44.7 Å². The molecule has 2 aromatic carbocycles. The Balaban J connectivity index is 1.38. The molecule has 3 aliphatic rings. The lowest BCUT2D eigenvalue weighted by Gasteiger charge is -2.37. The Bertz CT molecular complexity index is 1450. The van der Waals surface area contributed by atoms with Crippen molar-refractivity contribution in [1.82, 2.24) is 30.5 Å². The van der Waals surface area contributed by atoms with E-state index < -0.39 is 33.4 Å². The van der Waals surface area contributed by atoms with Crippen molar-refractivity contribution in [2.75, 3.05) is 13.2 Å². The van der Waals surface area contributed by atoms with Crippen LogP contribution in [0.2, 0.25) is 0 Å². The van der Waals surface area contributed by atoms with Gasteiger partial charge in [0.05, 0.1) is 34.7 Å². The van der Waals surface area contributed by atoms with Gasteiger partial charge in [-0.1, -0.05) is 54.6 Å². The molecule has 3 amide bonds. The van der Waals surface area contributed by atoms with Crippen molar-refractivity contribution >= 4 is 40.5 Å². The first-order valence-electron chi connectivity index (χ1n) is 13.9. The van der Waals surface area contributed by atoms with Crippen molar-refractivity contribution in [3.05, 3.63) is 60.2 Å². The van der Waals surface area contributed by atoms with Gasteiger partial charge in [-0.15, -0.1) is 16.9 Å². The molecule has 6 atom stereocenters. The third-order valence-electron chi connectivity index (χ3n) is 8.81. The number of aliphatic hydroxyl groups excluding tert-OH is 1. The predicted octanol–water partition coefficient (Wildman–Crippen LogP) is 2.25. The number of carbonyl (C=O) groups excluding carboxylic acids is 3. The number of aromatic nitrogens is 3. The highest BCUT2D eigenvalue weighted by atomic mass is 32.2. The van der Waals surface area contributed by atoms with Crippen molar-refractivity contribution in [2.24, 2.45) is 11.8 Å². The Kier molecular flexibility index (Phi) is 6.82. The lowest BCUT2D eigenvalue weighted by molar-refractivity contribution is -0.143. The van der Waals surface area contributed by atoms with Gasteiger partial charge in [0.1, 0.15) is 18.2 Å². The van der Waals surface area contributed by atoms with Crippen LogP contribution in [0.5, 0.6) is 0 Å². The van der Waals surface area contributed by atoms with Crippen molar-refractivity contribution in [1.29, 1.82) is 0 Å². The molecule has 2 bridgehead atoms. The highest BCUT2D eigenvalue weighted by Crippen LogP contribution is 2.71. The number of benzene rings is 2. The first-order chi connectivity index (χ1) is 19.3. The van der Waals surface area contributed by atoms with Crippen molar-refractivity contribution in [3.63, 3.8) is 0 Å². The van der Waals surface area contributed by atoms with Gasteiger partial charge >= 0.3 is 0 Å². The monoisotopic (exact) mass is 562 g/mol. The normalized spacial score (nSPS) is 29.5. The van der Waals surface area contributed by atoms with Crippen LogP contribution >= 0.6 is 11.8 Å². The molecule has 40 heavy (non-hydrogen) atoms. The number of para-hydroxylation sites is 1. The van der Waals surface area contributed by atoms with Gasteiger partial charge in [-0.05, 0) is 43.9 Å². The number of nitrogens with one attached hydrogen (secondary N) is 2. The average Bonchev–Trinajstić information content (AvgIpc) is 3.67. The zero-order valence-corrected chi connectivity index (χ0v) is 23.4. The fourth-order valence-electron chi connectivity index (χ4n) is 7.07. The summed E-state index contributed by atoms with van der Waals surface area (Å²) in [6, 6.07) is 15.2. The largest absolute Gasteiger partial charge is 0.394 e. The Morgan fingerprint density at radius 3 is 2.60 bits per heavy atom. The molecular formula is C29H34N6O4S. The number of rotatable bonds is 9. The summed E-state index contributed by atoms with van der Waals surface area (Å²) in [5.74, 6) is -1.92. The third-order valence-corrected chi connectivity index (χ3v) is 10.8. The second kappa shape index (κ2) is 10.2. The number of aliphatic hydroxyl groups is 1. The summed E-state index contributed by atoms with van der Waals surface area (Å²) in [6.07, 6.45) is 2.16. The van der Waals surface area contributed by atoms with E-state index in [0.717, 1.165) is 29.4 Å². The summed E-state index contributed by atoms with van der Waals surface area (Å²) in [5.41, 5.74) is 2.25. The quantitative estimate of drug-likeness (QED) is 0.365. The second-order valence-corrected chi connectivity index (χ2v) is 13.0. The first-order valence-corrected chi connectivity index (χ1v) is 14.7. The molecule has 0 radical (unpaired) electrons. The number of hydrogen-bond donors (Lipinski definition) is 3. The Labute approximate surface area is 236 Å². The standard InChI is InChI=1S/C29H34N6O4S/c1-3-15-30-25(37)22-23-27(39)35(21(16-36)18-9-5-4-6-10-18)24(29(23)14-13-28(22,2)40-29)26(38)31-17-34-20-12-8-7-11-19(20)32-33-34/h4-12,21-24,36H,3,13-17H2,1-2H3,(H,30,37)(H,31,38)/t21-,22-,23+,24?,28+,29?/m1/s1. The fraction of sp³-hybridized carbons (Fsp3) is 0.483. The number of amides is 3. The highest BCUT2D eigenvalue weighted by molar-refractivity contribution is 8.02. The van der Waals surface area contributed by atoms with Gasteiger partial charge in [0, 0.05) is 11.3 Å². The molecule has 3 saturated heterocycles. The van der Waals surface area contributed by atoms with Gasteiger partial charge in [0.15, 0.2) is 0 Å².